The smallest absolute Gasteiger partial charge is 0.254 e. The molecule has 0 radical (unpaired) electrons. The van der Waals surface area contributed by atoms with E-state index in [0.29, 0.717) is 30.4 Å². The zero-order valence-electron chi connectivity index (χ0n) is 9.14. The Labute approximate surface area is 95.1 Å². The number of hydrogen-bond donors (Lipinski definition) is 0. The molecule has 0 N–H and O–H groups in total. The lowest BCUT2D eigenvalue weighted by Crippen LogP contribution is -2.28. The van der Waals surface area contributed by atoms with Gasteiger partial charge >= 0.3 is 0 Å². The molecule has 1 rings (SSSR count). The summed E-state index contributed by atoms with van der Waals surface area (Å²) in [5, 5.41) is 0. The Balaban J connectivity index is 2.88. The molecule has 0 aliphatic carbocycles. The highest BCUT2D eigenvalue weighted by molar-refractivity contribution is 6.01. The number of hydrogen-bond acceptors (Lipinski definition) is 2. The zero-order chi connectivity index (χ0) is 12.0. The third kappa shape index (κ3) is 2.71. The van der Waals surface area contributed by atoms with E-state index in [1.807, 2.05) is 0 Å². The Kier molecular flexibility index (Phi) is 4.28. The second-order valence-electron chi connectivity index (χ2n) is 3.39. The fourth-order valence-corrected chi connectivity index (χ4v) is 1.33. The molecule has 0 atom stereocenters. The van der Waals surface area contributed by atoms with Crippen molar-refractivity contribution in [3.63, 3.8) is 0 Å². The van der Waals surface area contributed by atoms with Gasteiger partial charge in [0.1, 0.15) is 0 Å². The minimum atomic E-state index is -0.182. The van der Waals surface area contributed by atoms with Crippen LogP contribution < -0.4 is 0 Å². The van der Waals surface area contributed by atoms with Crippen molar-refractivity contribution < 1.29 is 9.59 Å². The van der Waals surface area contributed by atoms with Gasteiger partial charge in [0.25, 0.3) is 5.91 Å². The van der Waals surface area contributed by atoms with Crippen molar-refractivity contribution in [3.05, 3.63) is 35.4 Å². The minimum absolute atomic E-state index is 0.182. The Morgan fingerprint density at radius 1 is 1.50 bits per heavy atom. The highest BCUT2D eigenvalue weighted by Crippen LogP contribution is 2.09. The number of benzene rings is 1. The van der Waals surface area contributed by atoms with Crippen LogP contribution in [0.15, 0.2) is 24.3 Å². The fourth-order valence-electron chi connectivity index (χ4n) is 1.33. The molecule has 0 unspecified atom stereocenters. The van der Waals surface area contributed by atoms with Crippen LogP contribution in [-0.2, 0) is 0 Å². The molecular formula is C13H13NO2. The maximum atomic E-state index is 11.9. The molecule has 82 valence electrons. The Hall–Kier alpha value is -2.08. The van der Waals surface area contributed by atoms with Crippen molar-refractivity contribution in [2.75, 3.05) is 13.6 Å². The third-order valence-corrected chi connectivity index (χ3v) is 2.26. The van der Waals surface area contributed by atoms with Gasteiger partial charge in [-0.15, -0.1) is 12.3 Å². The normalized spacial score (nSPS) is 9.25. The van der Waals surface area contributed by atoms with E-state index >= 15 is 0 Å². The summed E-state index contributed by atoms with van der Waals surface area (Å²) in [6, 6.07) is 6.71. The average molecular weight is 215 g/mol. The van der Waals surface area contributed by atoms with Gasteiger partial charge in [-0.2, -0.15) is 0 Å². The molecule has 0 bridgehead atoms. The first-order valence-electron chi connectivity index (χ1n) is 4.94. The SMILES string of the molecule is C#CCCN(C)C(=O)c1ccccc1C=O. The van der Waals surface area contributed by atoms with Crippen LogP contribution in [0.25, 0.3) is 0 Å². The second-order valence-corrected chi connectivity index (χ2v) is 3.39. The van der Waals surface area contributed by atoms with Crippen LogP contribution in [0.1, 0.15) is 27.1 Å². The maximum Gasteiger partial charge on any atom is 0.254 e. The lowest BCUT2D eigenvalue weighted by Gasteiger charge is -2.16. The largest absolute Gasteiger partial charge is 0.341 e. The molecule has 0 heterocycles. The van der Waals surface area contributed by atoms with Gasteiger partial charge in [0, 0.05) is 25.6 Å². The number of terminal acetylenes is 1. The minimum Gasteiger partial charge on any atom is -0.341 e. The molecule has 0 fully saturated rings. The Morgan fingerprint density at radius 3 is 2.81 bits per heavy atom. The molecule has 1 aromatic rings. The molecule has 1 amide bonds. The van der Waals surface area contributed by atoms with Crippen molar-refractivity contribution in [3.8, 4) is 12.3 Å². The van der Waals surface area contributed by atoms with Crippen LogP contribution >= 0.6 is 0 Å². The molecule has 0 spiro atoms. The van der Waals surface area contributed by atoms with E-state index in [0.717, 1.165) is 0 Å². The van der Waals surface area contributed by atoms with E-state index in [9.17, 15) is 9.59 Å². The van der Waals surface area contributed by atoms with E-state index in [4.69, 9.17) is 6.42 Å². The van der Waals surface area contributed by atoms with Crippen LogP contribution in [0.3, 0.4) is 0 Å². The molecular weight excluding hydrogens is 202 g/mol. The van der Waals surface area contributed by atoms with E-state index in [1.165, 1.54) is 4.90 Å². The summed E-state index contributed by atoms with van der Waals surface area (Å²) >= 11 is 0. The van der Waals surface area contributed by atoms with Gasteiger partial charge in [-0.25, -0.2) is 0 Å². The van der Waals surface area contributed by atoms with Crippen LogP contribution in [0, 0.1) is 12.3 Å². The average Bonchev–Trinajstić information content (AvgIpc) is 2.34. The van der Waals surface area contributed by atoms with Crippen molar-refractivity contribution in [2.24, 2.45) is 0 Å². The summed E-state index contributed by atoms with van der Waals surface area (Å²) in [6.45, 7) is 0.489. The van der Waals surface area contributed by atoms with E-state index in [2.05, 4.69) is 5.92 Å². The van der Waals surface area contributed by atoms with Crippen LogP contribution in [-0.4, -0.2) is 30.7 Å². The molecule has 16 heavy (non-hydrogen) atoms. The Morgan fingerprint density at radius 2 is 2.19 bits per heavy atom. The van der Waals surface area contributed by atoms with Crippen LogP contribution in [0.4, 0.5) is 0 Å². The summed E-state index contributed by atoms with van der Waals surface area (Å²) < 4.78 is 0. The molecule has 0 aliphatic heterocycles. The summed E-state index contributed by atoms with van der Waals surface area (Å²) in [6.07, 6.45) is 6.32. The molecule has 0 aromatic heterocycles. The maximum absolute atomic E-state index is 11.9. The number of rotatable bonds is 4. The van der Waals surface area contributed by atoms with Crippen molar-refractivity contribution >= 4 is 12.2 Å². The monoisotopic (exact) mass is 215 g/mol. The summed E-state index contributed by atoms with van der Waals surface area (Å²) in [7, 11) is 1.67. The lowest BCUT2D eigenvalue weighted by atomic mass is 10.1. The first-order chi connectivity index (χ1) is 7.70. The topological polar surface area (TPSA) is 37.4 Å². The highest BCUT2D eigenvalue weighted by Gasteiger charge is 2.14. The van der Waals surface area contributed by atoms with E-state index in [-0.39, 0.29) is 5.91 Å². The van der Waals surface area contributed by atoms with Crippen LogP contribution in [0.5, 0.6) is 0 Å². The fraction of sp³-hybridized carbons (Fsp3) is 0.231. The number of amides is 1. The first-order valence-corrected chi connectivity index (χ1v) is 4.94. The number of carbonyl (C=O) groups is 2. The second kappa shape index (κ2) is 5.72. The molecule has 0 saturated heterocycles. The van der Waals surface area contributed by atoms with E-state index in [1.54, 1.807) is 31.3 Å². The molecule has 3 nitrogen and oxygen atoms in total. The van der Waals surface area contributed by atoms with Crippen LogP contribution in [0.2, 0.25) is 0 Å². The number of nitrogens with zero attached hydrogens (tertiary/aromatic N) is 1. The Bertz CT molecular complexity index is 432. The lowest BCUT2D eigenvalue weighted by molar-refractivity contribution is 0.0795. The van der Waals surface area contributed by atoms with Gasteiger partial charge in [0.15, 0.2) is 6.29 Å². The summed E-state index contributed by atoms with van der Waals surface area (Å²) in [4.78, 5) is 24.2. The molecule has 1 aromatic carbocycles. The summed E-state index contributed by atoms with van der Waals surface area (Å²) in [5.41, 5.74) is 0.817. The predicted octanol–water partition coefficient (Wildman–Crippen LogP) is 1.59. The van der Waals surface area contributed by atoms with Gasteiger partial charge < -0.3 is 4.90 Å². The molecule has 0 aliphatic rings. The van der Waals surface area contributed by atoms with E-state index < -0.39 is 0 Å². The molecule has 0 saturated carbocycles. The zero-order valence-corrected chi connectivity index (χ0v) is 9.14. The van der Waals surface area contributed by atoms with Crippen molar-refractivity contribution in [1.82, 2.24) is 4.90 Å². The van der Waals surface area contributed by atoms with Gasteiger partial charge in [-0.05, 0) is 6.07 Å². The molecule has 3 heteroatoms. The number of aldehydes is 1. The van der Waals surface area contributed by atoms with Gasteiger partial charge in [0.2, 0.25) is 0 Å². The van der Waals surface area contributed by atoms with Crippen molar-refractivity contribution in [1.29, 1.82) is 0 Å². The van der Waals surface area contributed by atoms with Crippen molar-refractivity contribution in [2.45, 2.75) is 6.42 Å². The number of carbonyl (C=O) groups excluding carboxylic acids is 2. The van der Waals surface area contributed by atoms with Gasteiger partial charge in [-0.1, -0.05) is 18.2 Å². The predicted molar refractivity (Wildman–Crippen MR) is 62.2 cm³/mol. The quantitative estimate of drug-likeness (QED) is 0.565. The first kappa shape index (κ1) is 12.0. The summed E-state index contributed by atoms with van der Waals surface area (Å²) in [5.74, 6) is 2.29. The van der Waals surface area contributed by atoms with Gasteiger partial charge in [0.05, 0.1) is 5.56 Å². The third-order valence-electron chi connectivity index (χ3n) is 2.26. The van der Waals surface area contributed by atoms with Gasteiger partial charge in [-0.3, -0.25) is 9.59 Å². The standard InChI is InChI=1S/C13H13NO2/c1-3-4-9-14(2)13(16)12-8-6-5-7-11(12)10-15/h1,5-8,10H,4,9H2,2H3. The highest BCUT2D eigenvalue weighted by atomic mass is 16.2.